The Morgan fingerprint density at radius 1 is 1.15 bits per heavy atom. The molecule has 2 bridgehead atoms. The molecule has 2 saturated heterocycles. The number of piperidine rings is 1. The summed E-state index contributed by atoms with van der Waals surface area (Å²) >= 11 is 0. The molecule has 0 amide bonds. The lowest BCUT2D eigenvalue weighted by molar-refractivity contribution is 0.238. The van der Waals surface area contributed by atoms with Gasteiger partial charge in [0, 0.05) is 18.6 Å². The smallest absolute Gasteiger partial charge is 0.0233 e. The molecule has 0 aromatic heterocycles. The van der Waals surface area contributed by atoms with Gasteiger partial charge in [-0.2, -0.15) is 0 Å². The molecule has 1 aromatic carbocycles. The van der Waals surface area contributed by atoms with E-state index in [0.717, 1.165) is 24.5 Å². The average Bonchev–Trinajstić information content (AvgIpc) is 2.78. The lowest BCUT2D eigenvalue weighted by Crippen LogP contribution is -2.38. The molecular weight excluding hydrogens is 244 g/mol. The fourth-order valence-electron chi connectivity index (χ4n) is 3.97. The van der Waals surface area contributed by atoms with Gasteiger partial charge in [0.1, 0.15) is 0 Å². The monoisotopic (exact) mass is 272 g/mol. The Hall–Kier alpha value is -0.860. The normalized spacial score (nSPS) is 29.1. The predicted octanol–water partition coefficient (Wildman–Crippen LogP) is 3.35. The highest BCUT2D eigenvalue weighted by Gasteiger charge is 2.33. The molecule has 2 unspecified atom stereocenters. The molecule has 2 aliphatic heterocycles. The first-order valence-corrected chi connectivity index (χ1v) is 8.20. The van der Waals surface area contributed by atoms with Crippen LogP contribution in [0.5, 0.6) is 0 Å². The topological polar surface area (TPSA) is 15.3 Å². The van der Waals surface area contributed by atoms with Gasteiger partial charge >= 0.3 is 0 Å². The molecular formula is C18H28N2. The third kappa shape index (κ3) is 3.42. The number of aryl methyl sites for hydroxylation is 1. The van der Waals surface area contributed by atoms with Crippen LogP contribution in [0, 0.1) is 12.8 Å². The van der Waals surface area contributed by atoms with Gasteiger partial charge in [-0.05, 0) is 69.7 Å². The molecule has 2 aliphatic rings. The fourth-order valence-corrected chi connectivity index (χ4v) is 3.97. The SMILES string of the molecule is Cc1ccccc1CN(C)CCC1CC2CCC(C1)N2. The number of hydrogen-bond acceptors (Lipinski definition) is 2. The highest BCUT2D eigenvalue weighted by atomic mass is 15.1. The number of hydrogen-bond donors (Lipinski definition) is 1. The van der Waals surface area contributed by atoms with E-state index in [9.17, 15) is 0 Å². The first-order valence-electron chi connectivity index (χ1n) is 8.20. The highest BCUT2D eigenvalue weighted by molar-refractivity contribution is 5.25. The van der Waals surface area contributed by atoms with Crippen molar-refractivity contribution in [2.24, 2.45) is 5.92 Å². The van der Waals surface area contributed by atoms with Crippen molar-refractivity contribution in [1.29, 1.82) is 0 Å². The van der Waals surface area contributed by atoms with Crippen LogP contribution >= 0.6 is 0 Å². The summed E-state index contributed by atoms with van der Waals surface area (Å²) in [6, 6.07) is 10.4. The zero-order valence-corrected chi connectivity index (χ0v) is 12.9. The second-order valence-corrected chi connectivity index (χ2v) is 6.93. The van der Waals surface area contributed by atoms with Crippen molar-refractivity contribution in [3.8, 4) is 0 Å². The third-order valence-electron chi connectivity index (χ3n) is 5.19. The molecule has 2 heteroatoms. The van der Waals surface area contributed by atoms with E-state index in [1.165, 1.54) is 49.8 Å². The molecule has 2 heterocycles. The first-order chi connectivity index (χ1) is 9.70. The van der Waals surface area contributed by atoms with Gasteiger partial charge in [-0.25, -0.2) is 0 Å². The Kier molecular flexibility index (Phi) is 4.42. The molecule has 2 nitrogen and oxygen atoms in total. The van der Waals surface area contributed by atoms with Crippen LogP contribution in [0.25, 0.3) is 0 Å². The molecule has 0 radical (unpaired) electrons. The lowest BCUT2D eigenvalue weighted by atomic mass is 9.89. The Morgan fingerprint density at radius 2 is 1.85 bits per heavy atom. The number of benzene rings is 1. The second-order valence-electron chi connectivity index (χ2n) is 6.93. The summed E-state index contributed by atoms with van der Waals surface area (Å²) in [5.41, 5.74) is 2.89. The summed E-state index contributed by atoms with van der Waals surface area (Å²) in [6.07, 6.45) is 7.03. The third-order valence-corrected chi connectivity index (χ3v) is 5.19. The van der Waals surface area contributed by atoms with Crippen molar-refractivity contribution in [3.05, 3.63) is 35.4 Å². The maximum Gasteiger partial charge on any atom is 0.0233 e. The quantitative estimate of drug-likeness (QED) is 0.884. The van der Waals surface area contributed by atoms with E-state index in [0.29, 0.717) is 0 Å². The minimum Gasteiger partial charge on any atom is -0.311 e. The second kappa shape index (κ2) is 6.28. The molecule has 0 spiro atoms. The number of fused-ring (bicyclic) bond motifs is 2. The Balaban J connectivity index is 1.45. The molecule has 0 aliphatic carbocycles. The first kappa shape index (κ1) is 14.1. The van der Waals surface area contributed by atoms with Crippen molar-refractivity contribution < 1.29 is 0 Å². The fraction of sp³-hybridized carbons (Fsp3) is 0.667. The largest absolute Gasteiger partial charge is 0.311 e. The minimum absolute atomic E-state index is 0.834. The molecule has 1 aromatic rings. The maximum atomic E-state index is 3.74. The summed E-state index contributed by atoms with van der Waals surface area (Å²) in [5.74, 6) is 0.952. The van der Waals surface area contributed by atoms with E-state index in [-0.39, 0.29) is 0 Å². The summed E-state index contributed by atoms with van der Waals surface area (Å²) in [4.78, 5) is 2.49. The van der Waals surface area contributed by atoms with Gasteiger partial charge in [-0.1, -0.05) is 24.3 Å². The van der Waals surface area contributed by atoms with Crippen LogP contribution in [0.2, 0.25) is 0 Å². The van der Waals surface area contributed by atoms with Gasteiger partial charge < -0.3 is 10.2 Å². The molecule has 0 saturated carbocycles. The Bertz CT molecular complexity index is 431. The molecule has 2 atom stereocenters. The van der Waals surface area contributed by atoms with E-state index < -0.39 is 0 Å². The summed E-state index contributed by atoms with van der Waals surface area (Å²) in [6.45, 7) is 4.54. The van der Waals surface area contributed by atoms with Gasteiger partial charge in [0.25, 0.3) is 0 Å². The van der Waals surface area contributed by atoms with Gasteiger partial charge in [0.15, 0.2) is 0 Å². The highest BCUT2D eigenvalue weighted by Crippen LogP contribution is 2.32. The summed E-state index contributed by atoms with van der Waals surface area (Å²) in [7, 11) is 2.27. The molecule has 3 rings (SSSR count). The van der Waals surface area contributed by atoms with E-state index in [1.54, 1.807) is 0 Å². The van der Waals surface area contributed by atoms with E-state index in [2.05, 4.69) is 48.5 Å². The van der Waals surface area contributed by atoms with E-state index >= 15 is 0 Å². The van der Waals surface area contributed by atoms with Crippen molar-refractivity contribution in [3.63, 3.8) is 0 Å². The minimum atomic E-state index is 0.834. The molecule has 20 heavy (non-hydrogen) atoms. The zero-order valence-electron chi connectivity index (χ0n) is 12.9. The van der Waals surface area contributed by atoms with Crippen LogP contribution < -0.4 is 5.32 Å². The number of nitrogens with one attached hydrogen (secondary N) is 1. The van der Waals surface area contributed by atoms with Gasteiger partial charge in [-0.3, -0.25) is 0 Å². The maximum absolute atomic E-state index is 3.74. The van der Waals surface area contributed by atoms with Crippen molar-refractivity contribution >= 4 is 0 Å². The zero-order chi connectivity index (χ0) is 13.9. The Labute approximate surface area is 123 Å². The van der Waals surface area contributed by atoms with E-state index in [4.69, 9.17) is 0 Å². The van der Waals surface area contributed by atoms with Crippen LogP contribution in [-0.4, -0.2) is 30.6 Å². The lowest BCUT2D eigenvalue weighted by Gasteiger charge is -2.30. The van der Waals surface area contributed by atoms with Crippen LogP contribution in [0.3, 0.4) is 0 Å². The molecule has 110 valence electrons. The summed E-state index contributed by atoms with van der Waals surface area (Å²) < 4.78 is 0. The number of rotatable bonds is 5. The standard InChI is InChI=1S/C18H28N2/c1-14-5-3-4-6-16(14)13-20(2)10-9-15-11-17-7-8-18(12-15)19-17/h3-6,15,17-19H,7-13H2,1-2H3. The van der Waals surface area contributed by atoms with Gasteiger partial charge in [0.05, 0.1) is 0 Å². The van der Waals surface area contributed by atoms with Crippen LogP contribution in [0.15, 0.2) is 24.3 Å². The predicted molar refractivity (Wildman–Crippen MR) is 84.8 cm³/mol. The van der Waals surface area contributed by atoms with Crippen LogP contribution in [0.1, 0.15) is 43.2 Å². The summed E-state index contributed by atoms with van der Waals surface area (Å²) in [5, 5.41) is 3.74. The van der Waals surface area contributed by atoms with Crippen molar-refractivity contribution in [2.45, 2.75) is 57.7 Å². The Morgan fingerprint density at radius 3 is 2.55 bits per heavy atom. The average molecular weight is 272 g/mol. The van der Waals surface area contributed by atoms with Crippen molar-refractivity contribution in [1.82, 2.24) is 10.2 Å². The van der Waals surface area contributed by atoms with Gasteiger partial charge in [0.2, 0.25) is 0 Å². The van der Waals surface area contributed by atoms with Crippen LogP contribution in [0.4, 0.5) is 0 Å². The van der Waals surface area contributed by atoms with Gasteiger partial charge in [-0.15, -0.1) is 0 Å². The number of nitrogens with zero attached hydrogens (tertiary/aromatic N) is 1. The molecule has 1 N–H and O–H groups in total. The van der Waals surface area contributed by atoms with E-state index in [1.807, 2.05) is 0 Å². The van der Waals surface area contributed by atoms with Crippen molar-refractivity contribution in [2.75, 3.05) is 13.6 Å². The molecule has 2 fully saturated rings. The van der Waals surface area contributed by atoms with Crippen LogP contribution in [-0.2, 0) is 6.54 Å².